The van der Waals surface area contributed by atoms with E-state index in [1.54, 1.807) is 23.7 Å². The summed E-state index contributed by atoms with van der Waals surface area (Å²) in [7, 11) is 0. The first-order chi connectivity index (χ1) is 9.70. The second-order valence-electron chi connectivity index (χ2n) is 4.33. The maximum Gasteiger partial charge on any atom is 0.192 e. The van der Waals surface area contributed by atoms with Crippen molar-refractivity contribution in [3.63, 3.8) is 0 Å². The van der Waals surface area contributed by atoms with E-state index < -0.39 is 0 Å². The number of fused-ring (bicyclic) bond motifs is 1. The number of ether oxygens (including phenoxy) is 1. The molecule has 0 radical (unpaired) electrons. The van der Waals surface area contributed by atoms with Crippen LogP contribution in [0.4, 0.5) is 5.13 Å². The number of nitrogens with one attached hydrogen (secondary N) is 1. The molecule has 2 aromatic heterocycles. The van der Waals surface area contributed by atoms with Gasteiger partial charge in [0.15, 0.2) is 11.0 Å². The van der Waals surface area contributed by atoms with Gasteiger partial charge in [-0.2, -0.15) is 0 Å². The summed E-state index contributed by atoms with van der Waals surface area (Å²) in [5, 5.41) is 3.83. The second-order valence-corrected chi connectivity index (χ2v) is 5.36. The largest absolute Gasteiger partial charge is 0.440 e. The summed E-state index contributed by atoms with van der Waals surface area (Å²) in [4.78, 5) is 8.47. The first-order valence-corrected chi connectivity index (χ1v) is 6.93. The zero-order valence-electron chi connectivity index (χ0n) is 11.0. The number of rotatable bonds is 4. The summed E-state index contributed by atoms with van der Waals surface area (Å²) in [6.45, 7) is 5.90. The molecule has 0 bridgehead atoms. The molecule has 0 fully saturated rings. The molecule has 1 aromatic carbocycles. The molecule has 5 heteroatoms. The van der Waals surface area contributed by atoms with Gasteiger partial charge in [0.2, 0.25) is 0 Å². The molecule has 4 nitrogen and oxygen atoms in total. The average Bonchev–Trinajstić information content (AvgIpc) is 2.80. The summed E-state index contributed by atoms with van der Waals surface area (Å²) < 4.78 is 6.68. The predicted octanol–water partition coefficient (Wildman–Crippen LogP) is 3.96. The lowest BCUT2D eigenvalue weighted by Crippen LogP contribution is -2.04. The molecule has 3 aromatic rings. The lowest BCUT2D eigenvalue weighted by atomic mass is 10.2. The Balaban J connectivity index is 1.74. The van der Waals surface area contributed by atoms with Crippen LogP contribution in [0.2, 0.25) is 0 Å². The minimum Gasteiger partial charge on any atom is -0.440 e. The van der Waals surface area contributed by atoms with E-state index in [-0.39, 0.29) is 0 Å². The van der Waals surface area contributed by atoms with E-state index in [4.69, 9.17) is 4.74 Å². The van der Waals surface area contributed by atoms with Crippen molar-refractivity contribution in [3.05, 3.63) is 60.8 Å². The number of nitrogens with zero attached hydrogens (tertiary/aromatic N) is 2. The normalized spacial score (nSPS) is 10.4. The molecule has 0 spiro atoms. The van der Waals surface area contributed by atoms with Gasteiger partial charge in [-0.3, -0.25) is 4.98 Å². The van der Waals surface area contributed by atoms with Gasteiger partial charge in [-0.15, -0.1) is 0 Å². The first kappa shape index (κ1) is 12.6. The molecule has 0 aliphatic rings. The van der Waals surface area contributed by atoms with Gasteiger partial charge in [0.1, 0.15) is 5.75 Å². The van der Waals surface area contributed by atoms with E-state index in [0.29, 0.717) is 11.6 Å². The van der Waals surface area contributed by atoms with Gasteiger partial charge in [-0.05, 0) is 43.3 Å². The van der Waals surface area contributed by atoms with E-state index in [2.05, 4.69) is 34.9 Å². The molecule has 0 aliphatic carbocycles. The van der Waals surface area contributed by atoms with Crippen LogP contribution in [0.15, 0.2) is 55.2 Å². The van der Waals surface area contributed by atoms with E-state index in [9.17, 15) is 0 Å². The Kier molecular flexibility index (Phi) is 3.35. The molecule has 1 N–H and O–H groups in total. The van der Waals surface area contributed by atoms with Crippen molar-refractivity contribution in [2.45, 2.75) is 6.92 Å². The van der Waals surface area contributed by atoms with Gasteiger partial charge >= 0.3 is 0 Å². The maximum atomic E-state index is 5.54. The summed E-state index contributed by atoms with van der Waals surface area (Å²) >= 11 is 1.57. The number of hydrogen-bond donors (Lipinski definition) is 1. The molecule has 100 valence electrons. The van der Waals surface area contributed by atoms with E-state index in [0.717, 1.165) is 15.3 Å². The first-order valence-electron chi connectivity index (χ1n) is 6.12. The molecule has 0 saturated heterocycles. The number of pyridine rings is 1. The molecule has 0 aliphatic heterocycles. The fourth-order valence-corrected chi connectivity index (χ4v) is 2.76. The number of anilines is 1. The molecule has 0 atom stereocenters. The summed E-state index contributed by atoms with van der Waals surface area (Å²) in [6, 6.07) is 9.80. The van der Waals surface area contributed by atoms with Crippen molar-refractivity contribution in [2.75, 3.05) is 5.32 Å². The van der Waals surface area contributed by atoms with Crippen molar-refractivity contribution in [1.29, 1.82) is 0 Å². The molecule has 3 rings (SSSR count). The number of benzene rings is 1. The average molecular weight is 283 g/mol. The third kappa shape index (κ3) is 2.78. The van der Waals surface area contributed by atoms with Crippen LogP contribution in [0.25, 0.3) is 10.2 Å². The lowest BCUT2D eigenvalue weighted by Gasteiger charge is -2.07. The predicted molar refractivity (Wildman–Crippen MR) is 82.0 cm³/mol. The number of hydrogen-bond acceptors (Lipinski definition) is 5. The summed E-state index contributed by atoms with van der Waals surface area (Å²) in [5.74, 6) is 1.07. The van der Waals surface area contributed by atoms with Gasteiger partial charge in [0, 0.05) is 6.20 Å². The van der Waals surface area contributed by atoms with Crippen LogP contribution in [-0.2, 0) is 0 Å². The Morgan fingerprint density at radius 2 is 2.25 bits per heavy atom. The van der Waals surface area contributed by atoms with Crippen LogP contribution < -0.4 is 10.1 Å². The van der Waals surface area contributed by atoms with Crippen LogP contribution in [0.3, 0.4) is 0 Å². The Bertz CT molecular complexity index is 752. The maximum absolute atomic E-state index is 5.54. The fourth-order valence-electron chi connectivity index (χ4n) is 1.78. The second kappa shape index (κ2) is 5.30. The Morgan fingerprint density at radius 1 is 1.35 bits per heavy atom. The van der Waals surface area contributed by atoms with Crippen LogP contribution in [0, 0.1) is 6.92 Å². The topological polar surface area (TPSA) is 47.0 Å². The van der Waals surface area contributed by atoms with Crippen molar-refractivity contribution >= 4 is 26.7 Å². The molecule has 0 unspecified atom stereocenters. The van der Waals surface area contributed by atoms with E-state index in [1.807, 2.05) is 24.3 Å². The Hall–Kier alpha value is -2.40. The van der Waals surface area contributed by atoms with Gasteiger partial charge in [-0.25, -0.2) is 4.98 Å². The molecular formula is C15H13N3OS. The van der Waals surface area contributed by atoms with Crippen LogP contribution >= 0.6 is 11.3 Å². The highest BCUT2D eigenvalue weighted by Crippen LogP contribution is 2.27. The van der Waals surface area contributed by atoms with Gasteiger partial charge in [0.05, 0.1) is 16.4 Å². The smallest absolute Gasteiger partial charge is 0.192 e. The van der Waals surface area contributed by atoms with Crippen molar-refractivity contribution in [3.8, 4) is 5.75 Å². The van der Waals surface area contributed by atoms with Gasteiger partial charge < -0.3 is 10.1 Å². The highest BCUT2D eigenvalue weighted by atomic mass is 32.1. The Labute approximate surface area is 120 Å². The van der Waals surface area contributed by atoms with E-state index in [1.165, 1.54) is 5.56 Å². The van der Waals surface area contributed by atoms with Crippen molar-refractivity contribution in [2.24, 2.45) is 0 Å². The standard InChI is InChI=1S/C15H13N3OS/c1-10-5-6-13-14(8-10)20-15(18-13)17-11(2)19-12-4-3-7-16-9-12/h3-9H,2H2,1H3,(H,17,18). The molecule has 0 amide bonds. The van der Waals surface area contributed by atoms with Crippen LogP contribution in [0.5, 0.6) is 5.75 Å². The van der Waals surface area contributed by atoms with Crippen molar-refractivity contribution in [1.82, 2.24) is 9.97 Å². The molecule has 2 heterocycles. The zero-order chi connectivity index (χ0) is 13.9. The highest BCUT2D eigenvalue weighted by Gasteiger charge is 2.06. The molecular weight excluding hydrogens is 270 g/mol. The van der Waals surface area contributed by atoms with Crippen LogP contribution in [-0.4, -0.2) is 9.97 Å². The fraction of sp³-hybridized carbons (Fsp3) is 0.0667. The minimum atomic E-state index is 0.425. The number of thiazole rings is 1. The van der Waals surface area contributed by atoms with E-state index >= 15 is 0 Å². The molecule has 20 heavy (non-hydrogen) atoms. The number of aromatic nitrogens is 2. The third-order valence-electron chi connectivity index (χ3n) is 2.67. The Morgan fingerprint density at radius 3 is 3.05 bits per heavy atom. The monoisotopic (exact) mass is 283 g/mol. The van der Waals surface area contributed by atoms with Crippen LogP contribution in [0.1, 0.15) is 5.56 Å². The summed E-state index contributed by atoms with van der Waals surface area (Å²) in [5.41, 5.74) is 2.19. The molecule has 0 saturated carbocycles. The van der Waals surface area contributed by atoms with Crippen molar-refractivity contribution < 1.29 is 4.74 Å². The third-order valence-corrected chi connectivity index (χ3v) is 3.60. The number of aryl methyl sites for hydroxylation is 1. The minimum absolute atomic E-state index is 0.425. The SMILES string of the molecule is C=C(Nc1nc2ccc(C)cc2s1)Oc1cccnc1. The quantitative estimate of drug-likeness (QED) is 0.736. The van der Waals surface area contributed by atoms with Gasteiger partial charge in [-0.1, -0.05) is 17.4 Å². The summed E-state index contributed by atoms with van der Waals surface area (Å²) in [6.07, 6.45) is 3.33. The zero-order valence-corrected chi connectivity index (χ0v) is 11.8. The highest BCUT2D eigenvalue weighted by molar-refractivity contribution is 7.22. The lowest BCUT2D eigenvalue weighted by molar-refractivity contribution is 0.433. The van der Waals surface area contributed by atoms with Gasteiger partial charge in [0.25, 0.3) is 0 Å².